The van der Waals surface area contributed by atoms with Crippen LogP contribution in [0.1, 0.15) is 41.6 Å². The predicted molar refractivity (Wildman–Crippen MR) is 70.7 cm³/mol. The zero-order chi connectivity index (χ0) is 15.0. The van der Waals surface area contributed by atoms with Crippen LogP contribution < -0.4 is 0 Å². The Morgan fingerprint density at radius 3 is 2.20 bits per heavy atom. The maximum absolute atomic E-state index is 13.1. The standard InChI is InChI=1S/C15H18F3NO/c1-19(2)14(9-5-6-10-14)13(20)11-7-3-4-8-12(11)15(16,17)18/h3-4,7-8H,5-6,9-10H2,1-2H3. The monoisotopic (exact) mass is 285 g/mol. The molecule has 20 heavy (non-hydrogen) atoms. The minimum Gasteiger partial charge on any atom is -0.297 e. The van der Waals surface area contributed by atoms with E-state index in [0.717, 1.165) is 18.9 Å². The fraction of sp³-hybridized carbons (Fsp3) is 0.533. The van der Waals surface area contributed by atoms with Gasteiger partial charge >= 0.3 is 6.18 Å². The minimum absolute atomic E-state index is 0.212. The Morgan fingerprint density at radius 2 is 1.70 bits per heavy atom. The van der Waals surface area contributed by atoms with E-state index in [9.17, 15) is 18.0 Å². The van der Waals surface area contributed by atoms with E-state index < -0.39 is 23.1 Å². The van der Waals surface area contributed by atoms with Gasteiger partial charge in [-0.3, -0.25) is 9.69 Å². The Hall–Kier alpha value is -1.36. The van der Waals surface area contributed by atoms with Crippen molar-refractivity contribution in [1.29, 1.82) is 0 Å². The molecule has 0 amide bonds. The molecule has 0 aromatic heterocycles. The highest BCUT2D eigenvalue weighted by molar-refractivity contribution is 6.04. The lowest BCUT2D eigenvalue weighted by Crippen LogP contribution is -2.49. The number of carbonyl (C=O) groups excluding carboxylic acids is 1. The Bertz CT molecular complexity index is 502. The number of halogens is 3. The van der Waals surface area contributed by atoms with Gasteiger partial charge < -0.3 is 0 Å². The molecule has 0 spiro atoms. The van der Waals surface area contributed by atoms with Crippen LogP contribution >= 0.6 is 0 Å². The van der Waals surface area contributed by atoms with Gasteiger partial charge in [0.2, 0.25) is 0 Å². The fourth-order valence-electron chi connectivity index (χ4n) is 3.02. The van der Waals surface area contributed by atoms with Crippen LogP contribution in [0.5, 0.6) is 0 Å². The molecule has 1 aliphatic rings. The van der Waals surface area contributed by atoms with Crippen molar-refractivity contribution in [2.75, 3.05) is 14.1 Å². The van der Waals surface area contributed by atoms with Crippen LogP contribution in [-0.2, 0) is 6.18 Å². The molecular weight excluding hydrogens is 267 g/mol. The number of alkyl halides is 3. The first-order valence-corrected chi connectivity index (χ1v) is 6.67. The molecular formula is C15H18F3NO. The minimum atomic E-state index is -4.50. The average molecular weight is 285 g/mol. The van der Waals surface area contributed by atoms with E-state index >= 15 is 0 Å². The van der Waals surface area contributed by atoms with Crippen LogP contribution in [0.15, 0.2) is 24.3 Å². The van der Waals surface area contributed by atoms with E-state index in [4.69, 9.17) is 0 Å². The van der Waals surface area contributed by atoms with Crippen molar-refractivity contribution in [1.82, 2.24) is 4.90 Å². The lowest BCUT2D eigenvalue weighted by Gasteiger charge is -2.35. The van der Waals surface area contributed by atoms with Gasteiger partial charge in [-0.05, 0) is 33.0 Å². The quantitative estimate of drug-likeness (QED) is 0.788. The fourth-order valence-corrected chi connectivity index (χ4v) is 3.02. The summed E-state index contributed by atoms with van der Waals surface area (Å²) < 4.78 is 39.2. The topological polar surface area (TPSA) is 20.3 Å². The summed E-state index contributed by atoms with van der Waals surface area (Å²) in [4.78, 5) is 14.5. The molecule has 1 aromatic rings. The SMILES string of the molecule is CN(C)C1(C(=O)c2ccccc2C(F)(F)F)CCCC1. The van der Waals surface area contributed by atoms with Gasteiger partial charge in [0, 0.05) is 5.56 Å². The van der Waals surface area contributed by atoms with E-state index in [0.29, 0.717) is 12.8 Å². The molecule has 0 heterocycles. The number of benzene rings is 1. The summed E-state index contributed by atoms with van der Waals surface area (Å²) >= 11 is 0. The van der Waals surface area contributed by atoms with Gasteiger partial charge in [0.05, 0.1) is 11.1 Å². The summed E-state index contributed by atoms with van der Waals surface area (Å²) in [5, 5.41) is 0. The number of nitrogens with zero attached hydrogens (tertiary/aromatic N) is 1. The highest BCUT2D eigenvalue weighted by Crippen LogP contribution is 2.40. The summed E-state index contributed by atoms with van der Waals surface area (Å²) in [5.41, 5.74) is -1.84. The van der Waals surface area contributed by atoms with Crippen LogP contribution in [-0.4, -0.2) is 30.3 Å². The number of Topliss-reactive ketones (excluding diaryl/α,β-unsaturated/α-hetero) is 1. The molecule has 1 saturated carbocycles. The molecule has 2 nitrogen and oxygen atoms in total. The summed E-state index contributed by atoms with van der Waals surface area (Å²) in [5.74, 6) is -0.409. The highest BCUT2D eigenvalue weighted by Gasteiger charge is 2.46. The molecule has 0 bridgehead atoms. The molecule has 1 fully saturated rings. The molecule has 5 heteroatoms. The van der Waals surface area contributed by atoms with Crippen molar-refractivity contribution in [2.45, 2.75) is 37.4 Å². The molecule has 1 aromatic carbocycles. The van der Waals surface area contributed by atoms with E-state index in [1.165, 1.54) is 18.2 Å². The maximum atomic E-state index is 13.1. The molecule has 110 valence electrons. The summed E-state index contributed by atoms with van der Waals surface area (Å²) in [6.45, 7) is 0. The predicted octanol–water partition coefficient (Wildman–Crippen LogP) is 3.76. The highest BCUT2D eigenvalue weighted by atomic mass is 19.4. The van der Waals surface area contributed by atoms with Gasteiger partial charge in [0.1, 0.15) is 0 Å². The molecule has 0 radical (unpaired) electrons. The van der Waals surface area contributed by atoms with E-state index in [-0.39, 0.29) is 5.56 Å². The van der Waals surface area contributed by atoms with Crippen LogP contribution in [0.3, 0.4) is 0 Å². The van der Waals surface area contributed by atoms with Gasteiger partial charge in [-0.1, -0.05) is 31.0 Å². The number of hydrogen-bond donors (Lipinski definition) is 0. The third-order valence-corrected chi connectivity index (χ3v) is 4.19. The van der Waals surface area contributed by atoms with Crippen molar-refractivity contribution in [3.8, 4) is 0 Å². The molecule has 0 unspecified atom stereocenters. The Kier molecular flexibility index (Phi) is 3.91. The van der Waals surface area contributed by atoms with Crippen LogP contribution in [0.2, 0.25) is 0 Å². The first-order chi connectivity index (χ1) is 9.29. The van der Waals surface area contributed by atoms with E-state index in [1.54, 1.807) is 19.0 Å². The van der Waals surface area contributed by atoms with Gasteiger partial charge in [-0.2, -0.15) is 13.2 Å². The summed E-state index contributed by atoms with van der Waals surface area (Å²) in [6, 6.07) is 5.07. The summed E-state index contributed by atoms with van der Waals surface area (Å²) in [7, 11) is 3.53. The molecule has 0 aliphatic heterocycles. The lowest BCUT2D eigenvalue weighted by molar-refractivity contribution is -0.138. The Balaban J connectivity index is 2.49. The zero-order valence-electron chi connectivity index (χ0n) is 11.6. The van der Waals surface area contributed by atoms with E-state index in [2.05, 4.69) is 0 Å². The van der Waals surface area contributed by atoms with Gasteiger partial charge in [-0.15, -0.1) is 0 Å². The third-order valence-electron chi connectivity index (χ3n) is 4.19. The Labute approximate surface area is 116 Å². The molecule has 0 N–H and O–H groups in total. The van der Waals surface area contributed by atoms with Crippen molar-refractivity contribution in [3.63, 3.8) is 0 Å². The number of rotatable bonds is 3. The molecule has 0 atom stereocenters. The first kappa shape index (κ1) is 15.0. The second-order valence-electron chi connectivity index (χ2n) is 5.51. The number of ketones is 1. The second-order valence-corrected chi connectivity index (χ2v) is 5.51. The first-order valence-electron chi connectivity index (χ1n) is 6.67. The third kappa shape index (κ3) is 2.46. The van der Waals surface area contributed by atoms with Gasteiger partial charge in [0.15, 0.2) is 5.78 Å². The number of likely N-dealkylation sites (N-methyl/N-ethyl adjacent to an activating group) is 1. The zero-order valence-corrected chi connectivity index (χ0v) is 11.6. The Morgan fingerprint density at radius 1 is 1.15 bits per heavy atom. The van der Waals surface area contributed by atoms with Crippen LogP contribution in [0.25, 0.3) is 0 Å². The van der Waals surface area contributed by atoms with Crippen molar-refractivity contribution < 1.29 is 18.0 Å². The van der Waals surface area contributed by atoms with Crippen LogP contribution in [0, 0.1) is 0 Å². The maximum Gasteiger partial charge on any atom is 0.417 e. The molecule has 0 saturated heterocycles. The normalized spacial score (nSPS) is 18.5. The molecule has 2 rings (SSSR count). The van der Waals surface area contributed by atoms with E-state index in [1.807, 2.05) is 0 Å². The smallest absolute Gasteiger partial charge is 0.297 e. The van der Waals surface area contributed by atoms with Gasteiger partial charge in [-0.25, -0.2) is 0 Å². The van der Waals surface area contributed by atoms with Crippen molar-refractivity contribution >= 4 is 5.78 Å². The average Bonchev–Trinajstić information content (AvgIpc) is 2.87. The van der Waals surface area contributed by atoms with Crippen LogP contribution in [0.4, 0.5) is 13.2 Å². The lowest BCUT2D eigenvalue weighted by atomic mass is 9.84. The second kappa shape index (κ2) is 5.20. The molecule has 1 aliphatic carbocycles. The number of carbonyl (C=O) groups is 1. The number of hydrogen-bond acceptors (Lipinski definition) is 2. The van der Waals surface area contributed by atoms with Gasteiger partial charge in [0.25, 0.3) is 0 Å². The van der Waals surface area contributed by atoms with Crippen molar-refractivity contribution in [3.05, 3.63) is 35.4 Å². The largest absolute Gasteiger partial charge is 0.417 e. The van der Waals surface area contributed by atoms with Crippen molar-refractivity contribution in [2.24, 2.45) is 0 Å². The summed E-state index contributed by atoms with van der Waals surface area (Å²) in [6.07, 6.45) is -1.52.